The second-order valence-corrected chi connectivity index (χ2v) is 20.9. The lowest BCUT2D eigenvalue weighted by molar-refractivity contribution is 0.0697. The van der Waals surface area contributed by atoms with Crippen molar-refractivity contribution in [1.82, 2.24) is 24.4 Å². The Labute approximate surface area is 403 Å². The molecule has 0 aliphatic rings. The topological polar surface area (TPSA) is 251 Å². The van der Waals surface area contributed by atoms with E-state index in [2.05, 4.69) is 118 Å². The van der Waals surface area contributed by atoms with Crippen molar-refractivity contribution in [2.45, 2.75) is 7.43 Å². The van der Waals surface area contributed by atoms with Gasteiger partial charge in [-0.15, -0.1) is 12.4 Å². The van der Waals surface area contributed by atoms with Crippen LogP contribution in [0.15, 0.2) is 105 Å². The Kier molecular flexibility index (Phi) is 27.5. The number of carboxylic acid groups (broad SMARTS) is 1. The number of nitrogens with one attached hydrogen (secondary N) is 2. The van der Waals surface area contributed by atoms with Crippen LogP contribution in [0.2, 0.25) is 5.28 Å². The number of nitrogens with two attached hydrogens (primary N) is 3. The number of carboxylic acids is 1. The van der Waals surface area contributed by atoms with E-state index < -0.39 is 16.9 Å². The number of carbonyl (C=O) groups excluding carboxylic acids is 1. The van der Waals surface area contributed by atoms with Gasteiger partial charge in [0.1, 0.15) is 0 Å². The monoisotopic (exact) mass is 1200 g/mol. The van der Waals surface area contributed by atoms with Crippen molar-refractivity contribution in [2.24, 2.45) is 19.8 Å². The Morgan fingerprint density at radius 1 is 0.750 bits per heavy atom. The Hall–Kier alpha value is -2.94. The van der Waals surface area contributed by atoms with Gasteiger partial charge in [0.15, 0.2) is 0 Å². The van der Waals surface area contributed by atoms with Crippen LogP contribution in [0.25, 0.3) is 21.8 Å². The summed E-state index contributed by atoms with van der Waals surface area (Å²) in [7, 11) is 6.11. The summed E-state index contributed by atoms with van der Waals surface area (Å²) in [5.74, 6) is -1.18. The van der Waals surface area contributed by atoms with E-state index >= 15 is 0 Å². The van der Waals surface area contributed by atoms with Crippen molar-refractivity contribution in [1.29, 1.82) is 0 Å². The van der Waals surface area contributed by atoms with Crippen molar-refractivity contribution < 1.29 is 19.3 Å². The van der Waals surface area contributed by atoms with E-state index in [1.807, 2.05) is 6.07 Å². The molecule has 0 fully saturated rings. The lowest BCUT2D eigenvalue weighted by atomic mass is 10.2. The Balaban J connectivity index is 0. The van der Waals surface area contributed by atoms with Crippen molar-refractivity contribution in [3.63, 3.8) is 0 Å². The van der Waals surface area contributed by atoms with Gasteiger partial charge in [-0.3, -0.25) is 28.1 Å². The number of anilines is 2. The van der Waals surface area contributed by atoms with Crippen LogP contribution in [0.1, 0.15) is 28.1 Å². The van der Waals surface area contributed by atoms with E-state index in [4.69, 9.17) is 28.2 Å². The Morgan fingerprint density at radius 3 is 1.62 bits per heavy atom. The molecule has 9 N–H and O–H groups in total. The van der Waals surface area contributed by atoms with Crippen LogP contribution >= 0.6 is 127 Å². The molecule has 60 heavy (non-hydrogen) atoms. The smallest absolute Gasteiger partial charge is 0.339 e. The fourth-order valence-electron chi connectivity index (χ4n) is 4.12. The summed E-state index contributed by atoms with van der Waals surface area (Å²) < 4.78 is 14.7. The number of fused-ring (bicyclic) bond motifs is 2. The largest absolute Gasteiger partial charge is 0.478 e. The highest BCUT2D eigenvalue weighted by Crippen LogP contribution is 2.61. The minimum Gasteiger partial charge on any atom is -0.478 e. The van der Waals surface area contributed by atoms with Gasteiger partial charge >= 0.3 is 16.9 Å². The zero-order valence-corrected chi connectivity index (χ0v) is 41.9. The average molecular weight is 1210 g/mol. The highest BCUT2D eigenvalue weighted by molar-refractivity contribution is 9.11. The van der Waals surface area contributed by atoms with E-state index in [0.717, 1.165) is 13.5 Å². The van der Waals surface area contributed by atoms with Crippen LogP contribution in [-0.2, 0) is 18.7 Å². The first-order valence-electron chi connectivity index (χ1n) is 15.5. The zero-order chi connectivity index (χ0) is 44.7. The minimum absolute atomic E-state index is 0. The normalized spacial score (nSPS) is 9.75. The molecule has 6 aromatic rings. The maximum atomic E-state index is 11.7. The predicted molar refractivity (Wildman–Crippen MR) is 264 cm³/mol. The lowest BCUT2D eigenvalue weighted by Crippen LogP contribution is -2.32. The van der Waals surface area contributed by atoms with Gasteiger partial charge in [-0.05, 0) is 165 Å². The number of halogens is 9. The zero-order valence-electron chi connectivity index (χ0n) is 30.8. The summed E-state index contributed by atoms with van der Waals surface area (Å²) in [5.41, 5.74) is 17.3. The molecule has 25 heteroatoms. The van der Waals surface area contributed by atoms with Crippen LogP contribution in [-0.4, -0.2) is 50.2 Å². The van der Waals surface area contributed by atoms with Gasteiger partial charge < -0.3 is 32.6 Å². The molecule has 1 amide bonds. The summed E-state index contributed by atoms with van der Waals surface area (Å²) >= 11 is 32.6. The molecule has 0 aliphatic carbocycles. The van der Waals surface area contributed by atoms with Crippen molar-refractivity contribution in [3.8, 4) is 0 Å². The van der Waals surface area contributed by atoms with Crippen LogP contribution in [0.3, 0.4) is 0 Å². The number of aromatic carboxylic acids is 1. The van der Waals surface area contributed by atoms with E-state index in [-0.39, 0.29) is 53.4 Å². The summed E-state index contributed by atoms with van der Waals surface area (Å²) in [4.78, 5) is 63.0. The molecular formula is C35H38Br4Cl5N8O7P. The SMILES string of the molecule is C.CN.CNC(=O)c1cccc(Br)c1N.Cl.Cn1c(=O)[nH]c2c(Br)cccc2c1=O.Cn1c(Cl)nc2c(Br)cccc2c1=O.Nc1c(Br)cccc1C(=O)O.O=P(Cl)(Cl)Cl. The molecule has 0 radical (unpaired) electrons. The highest BCUT2D eigenvalue weighted by Gasteiger charge is 2.11. The number of carbonyl (C=O) groups is 2. The van der Waals surface area contributed by atoms with Gasteiger partial charge in [0.05, 0.1) is 44.3 Å². The first-order valence-corrected chi connectivity index (χ1v) is 23.5. The number of nitrogen functional groups attached to an aromatic ring is 2. The van der Waals surface area contributed by atoms with E-state index in [9.17, 15) is 28.5 Å². The highest BCUT2D eigenvalue weighted by atomic mass is 79.9. The van der Waals surface area contributed by atoms with Crippen LogP contribution in [0, 0.1) is 0 Å². The van der Waals surface area contributed by atoms with Gasteiger partial charge in [0, 0.05) is 39.0 Å². The standard InChI is InChI=1S/C9H6BrClN2O.C9H7BrN2O2.C8H9BrN2O.C7H6BrNO2.CH5N.CH4.Cl3OP.ClH/c1-13-8(14)5-3-2-4-6(10)7(5)12-9(13)11;1-12-8(13)5-3-2-4-6(10)7(5)11-9(12)14;1-11-8(12)5-3-2-4-6(9)7(5)10;8-5-3-1-2-4(6(5)9)7(10)11;1-2;;1-5(2,3)4;/h2-4H,1H3;2-4H,1H3,(H,11,14);2-4H,10H2,1H3,(H,11,12);1-3H,9H2,(H,10,11);2H2,1H3;1H4;;1H. The molecule has 2 aromatic heterocycles. The summed E-state index contributed by atoms with van der Waals surface area (Å²) in [6.45, 7) is 0. The van der Waals surface area contributed by atoms with Gasteiger partial charge in [0.2, 0.25) is 5.28 Å². The fraction of sp³-hybridized carbons (Fsp3) is 0.143. The molecule has 0 bridgehead atoms. The Morgan fingerprint density at radius 2 is 1.15 bits per heavy atom. The van der Waals surface area contributed by atoms with E-state index in [0.29, 0.717) is 42.0 Å². The van der Waals surface area contributed by atoms with E-state index in [1.165, 1.54) is 24.7 Å². The number of hydrogen-bond acceptors (Lipinski definition) is 10. The number of nitrogens with zero attached hydrogens (tertiary/aromatic N) is 3. The number of H-pyrrole nitrogens is 1. The fourth-order valence-corrected chi connectivity index (χ4v) is 5.93. The summed E-state index contributed by atoms with van der Waals surface area (Å²) in [5, 5.41) is 9.13. The van der Waals surface area contributed by atoms with Crippen LogP contribution < -0.4 is 39.3 Å². The minimum atomic E-state index is -3.22. The predicted octanol–water partition coefficient (Wildman–Crippen LogP) is 9.90. The maximum Gasteiger partial charge on any atom is 0.339 e. The van der Waals surface area contributed by atoms with Gasteiger partial charge in [-0.25, -0.2) is 14.6 Å². The summed E-state index contributed by atoms with van der Waals surface area (Å²) in [6, 6.07) is 20.6. The molecule has 6 rings (SSSR count). The third-order valence-corrected chi connectivity index (χ3v) is 9.92. The molecule has 0 unspecified atom stereocenters. The second-order valence-electron chi connectivity index (χ2n) is 10.5. The van der Waals surface area contributed by atoms with Gasteiger partial charge in [0.25, 0.3) is 17.0 Å². The van der Waals surface area contributed by atoms with Crippen LogP contribution in [0.5, 0.6) is 0 Å². The number of aromatic nitrogens is 4. The van der Waals surface area contributed by atoms with Crippen molar-refractivity contribution in [3.05, 3.63) is 138 Å². The van der Waals surface area contributed by atoms with Crippen LogP contribution in [0.4, 0.5) is 11.4 Å². The number of amides is 1. The molecule has 15 nitrogen and oxygen atoms in total. The first kappa shape index (κ1) is 59.2. The van der Waals surface area contributed by atoms with Crippen molar-refractivity contribution >= 4 is 172 Å². The van der Waals surface area contributed by atoms with Gasteiger partial charge in [-0.1, -0.05) is 31.7 Å². The second kappa shape index (κ2) is 27.9. The number of benzene rings is 4. The molecule has 4 aromatic carbocycles. The lowest BCUT2D eigenvalue weighted by Gasteiger charge is -2.04. The number of hydrogen-bond donors (Lipinski definition) is 6. The summed E-state index contributed by atoms with van der Waals surface area (Å²) in [6.07, 6.45) is 0. The maximum absolute atomic E-state index is 11.7. The number of para-hydroxylation sites is 4. The Bertz CT molecular complexity index is 2640. The molecule has 2 heterocycles. The third kappa shape index (κ3) is 17.8. The molecule has 328 valence electrons. The molecule has 0 spiro atoms. The van der Waals surface area contributed by atoms with Crippen molar-refractivity contribution in [2.75, 3.05) is 25.6 Å². The quantitative estimate of drug-likeness (QED) is 0.0541. The van der Waals surface area contributed by atoms with E-state index in [1.54, 1.807) is 74.8 Å². The number of aromatic amines is 1. The molecule has 0 saturated heterocycles. The molecule has 0 aliphatic heterocycles. The molecule has 0 saturated carbocycles. The molecule has 0 atom stereocenters. The number of rotatable bonds is 2. The third-order valence-electron chi connectivity index (χ3n) is 6.90. The average Bonchev–Trinajstić information content (AvgIpc) is 3.17. The molecular weight excluding hydrogens is 1170 g/mol. The first-order chi connectivity index (χ1) is 27.0. The van der Waals surface area contributed by atoms with Gasteiger partial charge in [-0.2, -0.15) is 0 Å².